The van der Waals surface area contributed by atoms with E-state index in [1.807, 2.05) is 0 Å². The van der Waals surface area contributed by atoms with Crippen LogP contribution in [0.25, 0.3) is 0 Å². The van der Waals surface area contributed by atoms with Crippen LogP contribution in [0.5, 0.6) is 0 Å². The van der Waals surface area contributed by atoms with Crippen LogP contribution in [0.2, 0.25) is 0 Å². The van der Waals surface area contributed by atoms with Gasteiger partial charge in [0.2, 0.25) is 5.91 Å². The van der Waals surface area contributed by atoms with E-state index in [-0.39, 0.29) is 18.4 Å². The summed E-state index contributed by atoms with van der Waals surface area (Å²) in [5, 5.41) is 11.3. The Morgan fingerprint density at radius 2 is 2.50 bits per heavy atom. The maximum atomic E-state index is 11.0. The van der Waals surface area contributed by atoms with E-state index in [0.717, 1.165) is 19.4 Å². The van der Waals surface area contributed by atoms with E-state index in [0.29, 0.717) is 6.42 Å². The first-order valence-corrected chi connectivity index (χ1v) is 3.73. The molecule has 0 aromatic rings. The highest BCUT2D eigenvalue weighted by Crippen LogP contribution is 2.13. The second-order valence-electron chi connectivity index (χ2n) is 2.64. The summed E-state index contributed by atoms with van der Waals surface area (Å²) in [4.78, 5) is 11.0. The summed E-state index contributed by atoms with van der Waals surface area (Å²) in [5.74, 6) is 0.180. The van der Waals surface area contributed by atoms with Crippen molar-refractivity contribution in [3.8, 4) is 0 Å². The second-order valence-corrected chi connectivity index (χ2v) is 2.64. The summed E-state index contributed by atoms with van der Waals surface area (Å²) in [6.45, 7) is 0.929. The maximum absolute atomic E-state index is 11.0. The van der Waals surface area contributed by atoms with Crippen LogP contribution in [0.1, 0.15) is 19.3 Å². The lowest BCUT2D eigenvalue weighted by molar-refractivity contribution is -0.127. The molecule has 10 heavy (non-hydrogen) atoms. The maximum Gasteiger partial charge on any atom is 0.223 e. The van der Waals surface area contributed by atoms with Gasteiger partial charge in [0.1, 0.15) is 0 Å². The van der Waals surface area contributed by atoms with Gasteiger partial charge in [-0.05, 0) is 19.3 Å². The molecule has 1 heterocycles. The zero-order valence-corrected chi connectivity index (χ0v) is 5.97. The lowest BCUT2D eigenvalue weighted by atomic mass is 9.96. The smallest absolute Gasteiger partial charge is 0.223 e. The van der Waals surface area contributed by atoms with Gasteiger partial charge in [-0.1, -0.05) is 0 Å². The molecule has 3 nitrogen and oxygen atoms in total. The molecule has 1 fully saturated rings. The number of piperidine rings is 1. The van der Waals surface area contributed by atoms with Crippen LogP contribution < -0.4 is 5.32 Å². The fourth-order valence-corrected chi connectivity index (χ4v) is 1.27. The van der Waals surface area contributed by atoms with Gasteiger partial charge in [-0.15, -0.1) is 0 Å². The molecule has 0 radical (unpaired) electrons. The molecule has 0 saturated carbocycles. The van der Waals surface area contributed by atoms with Crippen molar-refractivity contribution in [3.63, 3.8) is 0 Å². The highest BCUT2D eigenvalue weighted by Gasteiger charge is 2.20. The average Bonchev–Trinajstić information content (AvgIpc) is 1.94. The Balaban J connectivity index is 2.32. The highest BCUT2D eigenvalue weighted by atomic mass is 16.3. The first-order chi connectivity index (χ1) is 4.84. The molecule has 0 aliphatic carbocycles. The number of carbonyl (C=O) groups excluding carboxylic acids is 1. The summed E-state index contributed by atoms with van der Waals surface area (Å²) < 4.78 is 0. The average molecular weight is 143 g/mol. The van der Waals surface area contributed by atoms with E-state index in [1.165, 1.54) is 0 Å². The van der Waals surface area contributed by atoms with Gasteiger partial charge in [0.05, 0.1) is 0 Å². The van der Waals surface area contributed by atoms with Crippen molar-refractivity contribution in [2.24, 2.45) is 5.92 Å². The Kier molecular flexibility index (Phi) is 2.68. The molecular weight excluding hydrogens is 130 g/mol. The van der Waals surface area contributed by atoms with Crippen molar-refractivity contribution in [2.45, 2.75) is 19.3 Å². The minimum atomic E-state index is 0.0683. The van der Waals surface area contributed by atoms with Gasteiger partial charge >= 0.3 is 0 Å². The molecule has 3 heteroatoms. The predicted molar refractivity (Wildman–Crippen MR) is 37.4 cm³/mol. The number of amides is 1. The normalized spacial score (nSPS) is 26.1. The monoisotopic (exact) mass is 143 g/mol. The van der Waals surface area contributed by atoms with Gasteiger partial charge in [0, 0.05) is 19.1 Å². The second kappa shape index (κ2) is 3.56. The Labute approximate surface area is 60.4 Å². The highest BCUT2D eigenvalue weighted by molar-refractivity contribution is 5.79. The van der Waals surface area contributed by atoms with Crippen LogP contribution in [0.15, 0.2) is 0 Å². The fraction of sp³-hybridized carbons (Fsp3) is 0.857. The molecule has 1 aliphatic heterocycles. The van der Waals surface area contributed by atoms with Crippen molar-refractivity contribution < 1.29 is 9.90 Å². The molecule has 2 N–H and O–H groups in total. The molecule has 0 bridgehead atoms. The minimum Gasteiger partial charge on any atom is -0.396 e. The topological polar surface area (TPSA) is 49.3 Å². The van der Waals surface area contributed by atoms with Gasteiger partial charge in [0.25, 0.3) is 0 Å². The lowest BCUT2D eigenvalue weighted by Crippen LogP contribution is -2.36. The summed E-state index contributed by atoms with van der Waals surface area (Å²) >= 11 is 0. The number of aliphatic hydroxyl groups is 1. The van der Waals surface area contributed by atoms with Gasteiger partial charge in [-0.25, -0.2) is 0 Å². The molecule has 1 saturated heterocycles. The van der Waals surface area contributed by atoms with Crippen LogP contribution in [0.4, 0.5) is 0 Å². The Morgan fingerprint density at radius 3 is 3.10 bits per heavy atom. The van der Waals surface area contributed by atoms with Crippen molar-refractivity contribution in [1.82, 2.24) is 5.32 Å². The zero-order valence-electron chi connectivity index (χ0n) is 5.97. The third kappa shape index (κ3) is 1.70. The Bertz CT molecular complexity index is 123. The van der Waals surface area contributed by atoms with Crippen molar-refractivity contribution in [2.75, 3.05) is 13.2 Å². The largest absolute Gasteiger partial charge is 0.396 e. The molecule has 58 valence electrons. The quantitative estimate of drug-likeness (QED) is 0.567. The van der Waals surface area contributed by atoms with E-state index in [1.54, 1.807) is 0 Å². The fourth-order valence-electron chi connectivity index (χ4n) is 1.27. The first kappa shape index (κ1) is 7.54. The van der Waals surface area contributed by atoms with Crippen LogP contribution in [-0.2, 0) is 4.79 Å². The SMILES string of the molecule is O=C1NCCC[C@@H]1CCO. The van der Waals surface area contributed by atoms with E-state index in [2.05, 4.69) is 5.32 Å². The summed E-state index contributed by atoms with van der Waals surface area (Å²) in [7, 11) is 0. The summed E-state index contributed by atoms with van der Waals surface area (Å²) in [5.41, 5.74) is 0. The van der Waals surface area contributed by atoms with Crippen LogP contribution in [0.3, 0.4) is 0 Å². The molecular formula is C7H13NO2. The number of carbonyl (C=O) groups is 1. The van der Waals surface area contributed by atoms with Gasteiger partial charge in [-0.2, -0.15) is 0 Å². The number of nitrogens with one attached hydrogen (secondary N) is 1. The zero-order chi connectivity index (χ0) is 7.40. The summed E-state index contributed by atoms with van der Waals surface area (Å²) in [6, 6.07) is 0. The van der Waals surface area contributed by atoms with Crippen LogP contribution in [0, 0.1) is 5.92 Å². The molecule has 0 aromatic carbocycles. The summed E-state index contributed by atoms with van der Waals surface area (Å²) in [6.07, 6.45) is 2.61. The lowest BCUT2D eigenvalue weighted by Gasteiger charge is -2.20. The number of hydrogen-bond acceptors (Lipinski definition) is 2. The Hall–Kier alpha value is -0.570. The third-order valence-electron chi connectivity index (χ3n) is 1.88. The van der Waals surface area contributed by atoms with Gasteiger partial charge in [-0.3, -0.25) is 4.79 Å². The standard InChI is InChI=1S/C7H13NO2/c9-5-3-6-2-1-4-8-7(6)10/h6,9H,1-5H2,(H,8,10)/t6-/m1/s1. The minimum absolute atomic E-state index is 0.0683. The van der Waals surface area contributed by atoms with E-state index < -0.39 is 0 Å². The molecule has 0 unspecified atom stereocenters. The Morgan fingerprint density at radius 1 is 1.70 bits per heavy atom. The van der Waals surface area contributed by atoms with Crippen molar-refractivity contribution >= 4 is 5.91 Å². The van der Waals surface area contributed by atoms with E-state index >= 15 is 0 Å². The third-order valence-corrected chi connectivity index (χ3v) is 1.88. The number of aliphatic hydroxyl groups excluding tert-OH is 1. The van der Waals surface area contributed by atoms with E-state index in [9.17, 15) is 4.79 Å². The van der Waals surface area contributed by atoms with E-state index in [4.69, 9.17) is 5.11 Å². The predicted octanol–water partition coefficient (Wildman–Crippen LogP) is -0.105. The molecule has 0 aromatic heterocycles. The van der Waals surface area contributed by atoms with Crippen molar-refractivity contribution in [3.05, 3.63) is 0 Å². The van der Waals surface area contributed by atoms with Gasteiger partial charge < -0.3 is 10.4 Å². The molecule has 1 aliphatic rings. The molecule has 0 spiro atoms. The van der Waals surface area contributed by atoms with Crippen molar-refractivity contribution in [1.29, 1.82) is 0 Å². The first-order valence-electron chi connectivity index (χ1n) is 3.73. The number of rotatable bonds is 2. The van der Waals surface area contributed by atoms with Crippen LogP contribution >= 0.6 is 0 Å². The molecule has 1 rings (SSSR count). The van der Waals surface area contributed by atoms with Crippen LogP contribution in [-0.4, -0.2) is 24.2 Å². The number of hydrogen-bond donors (Lipinski definition) is 2. The molecule has 1 amide bonds. The molecule has 1 atom stereocenters. The van der Waals surface area contributed by atoms with Gasteiger partial charge in [0.15, 0.2) is 0 Å².